The Morgan fingerprint density at radius 2 is 1.26 bits per heavy atom. The third kappa shape index (κ3) is 3.19. The molecular formula is C15H14N2O2. The third-order valence-electron chi connectivity index (χ3n) is 2.77. The molecule has 0 aliphatic heterocycles. The fourth-order valence-electron chi connectivity index (χ4n) is 1.70. The van der Waals surface area contributed by atoms with Crippen molar-refractivity contribution in [2.45, 2.75) is 6.42 Å². The van der Waals surface area contributed by atoms with E-state index in [0.717, 1.165) is 5.56 Å². The second-order valence-corrected chi connectivity index (χ2v) is 4.29. The summed E-state index contributed by atoms with van der Waals surface area (Å²) < 4.78 is 0. The van der Waals surface area contributed by atoms with Gasteiger partial charge >= 0.3 is 0 Å². The molecule has 0 unspecified atom stereocenters. The summed E-state index contributed by atoms with van der Waals surface area (Å²) >= 11 is 0. The van der Waals surface area contributed by atoms with Crippen molar-refractivity contribution in [2.75, 3.05) is 11.5 Å². The van der Waals surface area contributed by atoms with E-state index in [1.54, 1.807) is 48.5 Å². The lowest BCUT2D eigenvalue weighted by molar-refractivity contribution is -0.114. The average molecular weight is 254 g/mol. The molecule has 2 aromatic carbocycles. The molecule has 4 N–H and O–H groups in total. The Kier molecular flexibility index (Phi) is 3.61. The second-order valence-electron chi connectivity index (χ2n) is 4.29. The van der Waals surface area contributed by atoms with E-state index >= 15 is 0 Å². The van der Waals surface area contributed by atoms with Crippen LogP contribution in [-0.2, 0) is 11.2 Å². The first kappa shape index (κ1) is 12.8. The molecule has 0 spiro atoms. The number of rotatable bonds is 4. The van der Waals surface area contributed by atoms with Gasteiger partial charge in [0.25, 0.3) is 0 Å². The number of hydrogen-bond acceptors (Lipinski definition) is 4. The predicted octanol–water partition coefficient (Wildman–Crippen LogP) is 1.85. The van der Waals surface area contributed by atoms with E-state index in [-0.39, 0.29) is 6.42 Å². The number of nitrogens with two attached hydrogens (primary N) is 2. The normalized spacial score (nSPS) is 10.1. The first-order valence-corrected chi connectivity index (χ1v) is 5.84. The Balaban J connectivity index is 2.09. The summed E-state index contributed by atoms with van der Waals surface area (Å²) in [4.78, 5) is 23.8. The van der Waals surface area contributed by atoms with Crippen LogP contribution in [0.1, 0.15) is 15.9 Å². The number of carbonyl (C=O) groups excluding carboxylic acids is 2. The summed E-state index contributed by atoms with van der Waals surface area (Å²) in [7, 11) is 0. The van der Waals surface area contributed by atoms with Crippen LogP contribution in [0.2, 0.25) is 0 Å². The number of benzene rings is 2. The minimum absolute atomic E-state index is 0.0729. The molecule has 0 saturated heterocycles. The van der Waals surface area contributed by atoms with Crippen LogP contribution in [0.4, 0.5) is 11.4 Å². The van der Waals surface area contributed by atoms with Crippen molar-refractivity contribution in [2.24, 2.45) is 0 Å². The molecule has 0 heterocycles. The van der Waals surface area contributed by atoms with Crippen LogP contribution in [0.25, 0.3) is 0 Å². The number of carbonyl (C=O) groups is 2. The van der Waals surface area contributed by atoms with Gasteiger partial charge in [-0.25, -0.2) is 0 Å². The Morgan fingerprint density at radius 1 is 0.789 bits per heavy atom. The predicted molar refractivity (Wildman–Crippen MR) is 74.8 cm³/mol. The van der Waals surface area contributed by atoms with Gasteiger partial charge in [-0.05, 0) is 42.0 Å². The van der Waals surface area contributed by atoms with Gasteiger partial charge in [-0.1, -0.05) is 12.1 Å². The fourth-order valence-corrected chi connectivity index (χ4v) is 1.70. The van der Waals surface area contributed by atoms with E-state index in [9.17, 15) is 9.59 Å². The molecular weight excluding hydrogens is 240 g/mol. The molecule has 0 aromatic heterocycles. The monoisotopic (exact) mass is 254 g/mol. The summed E-state index contributed by atoms with van der Waals surface area (Å²) in [6, 6.07) is 13.2. The topological polar surface area (TPSA) is 86.2 Å². The van der Waals surface area contributed by atoms with Crippen molar-refractivity contribution < 1.29 is 9.59 Å². The Morgan fingerprint density at radius 3 is 1.79 bits per heavy atom. The molecule has 4 heteroatoms. The van der Waals surface area contributed by atoms with E-state index in [0.29, 0.717) is 16.9 Å². The van der Waals surface area contributed by atoms with Gasteiger partial charge in [0.1, 0.15) is 0 Å². The largest absolute Gasteiger partial charge is 0.399 e. The molecule has 96 valence electrons. The SMILES string of the molecule is Nc1ccc(CC(=O)C(=O)c2ccc(N)cc2)cc1. The number of Topliss-reactive ketones (excluding diaryl/α,β-unsaturated/α-hetero) is 2. The number of ketones is 2. The molecule has 2 aromatic rings. The third-order valence-corrected chi connectivity index (χ3v) is 2.77. The van der Waals surface area contributed by atoms with Crippen molar-refractivity contribution in [3.8, 4) is 0 Å². The maximum atomic E-state index is 11.9. The van der Waals surface area contributed by atoms with Gasteiger partial charge in [0.15, 0.2) is 0 Å². The number of anilines is 2. The van der Waals surface area contributed by atoms with Crippen molar-refractivity contribution >= 4 is 22.9 Å². The van der Waals surface area contributed by atoms with Crippen LogP contribution in [0, 0.1) is 0 Å². The van der Waals surface area contributed by atoms with Crippen LogP contribution < -0.4 is 11.5 Å². The molecule has 0 radical (unpaired) electrons. The summed E-state index contributed by atoms with van der Waals surface area (Å²) in [5, 5.41) is 0. The van der Waals surface area contributed by atoms with E-state index in [1.165, 1.54) is 0 Å². The van der Waals surface area contributed by atoms with Crippen molar-refractivity contribution in [1.29, 1.82) is 0 Å². The molecule has 19 heavy (non-hydrogen) atoms. The zero-order valence-corrected chi connectivity index (χ0v) is 10.3. The van der Waals surface area contributed by atoms with Crippen molar-refractivity contribution in [3.63, 3.8) is 0 Å². The average Bonchev–Trinajstić information content (AvgIpc) is 2.41. The van der Waals surface area contributed by atoms with Gasteiger partial charge in [-0.3, -0.25) is 9.59 Å². The Bertz CT molecular complexity index is 601. The first-order valence-electron chi connectivity index (χ1n) is 5.84. The molecule has 0 atom stereocenters. The van der Waals surface area contributed by atoms with Crippen LogP contribution >= 0.6 is 0 Å². The van der Waals surface area contributed by atoms with Gasteiger partial charge < -0.3 is 11.5 Å². The Hall–Kier alpha value is -2.62. The standard InChI is InChI=1S/C15H14N2O2/c16-12-5-1-10(2-6-12)9-14(18)15(19)11-3-7-13(17)8-4-11/h1-8H,9,16-17H2. The highest BCUT2D eigenvalue weighted by Crippen LogP contribution is 2.10. The van der Waals surface area contributed by atoms with Gasteiger partial charge in [0, 0.05) is 23.4 Å². The fraction of sp³-hybridized carbons (Fsp3) is 0.0667. The summed E-state index contributed by atoms with van der Waals surface area (Å²) in [6.45, 7) is 0. The first-order chi connectivity index (χ1) is 9.06. The van der Waals surface area contributed by atoms with Gasteiger partial charge in [0.05, 0.1) is 0 Å². The Labute approximate surface area is 111 Å². The minimum Gasteiger partial charge on any atom is -0.399 e. The lowest BCUT2D eigenvalue weighted by atomic mass is 10.0. The van der Waals surface area contributed by atoms with Crippen molar-refractivity contribution in [3.05, 3.63) is 59.7 Å². The number of nitrogen functional groups attached to an aromatic ring is 2. The molecule has 0 fully saturated rings. The highest BCUT2D eigenvalue weighted by molar-refractivity contribution is 6.44. The molecule has 0 saturated carbocycles. The van der Waals surface area contributed by atoms with Gasteiger partial charge in [-0.2, -0.15) is 0 Å². The number of hydrogen-bond donors (Lipinski definition) is 2. The lowest BCUT2D eigenvalue weighted by Gasteiger charge is -2.02. The quantitative estimate of drug-likeness (QED) is 0.495. The summed E-state index contributed by atoms with van der Waals surface area (Å²) in [6.07, 6.45) is 0.0729. The van der Waals surface area contributed by atoms with Crippen LogP contribution in [0.5, 0.6) is 0 Å². The van der Waals surface area contributed by atoms with E-state index in [4.69, 9.17) is 11.5 Å². The zero-order valence-electron chi connectivity index (χ0n) is 10.3. The molecule has 0 aliphatic rings. The maximum absolute atomic E-state index is 11.9. The smallest absolute Gasteiger partial charge is 0.228 e. The van der Waals surface area contributed by atoms with E-state index in [1.807, 2.05) is 0 Å². The highest BCUT2D eigenvalue weighted by atomic mass is 16.2. The highest BCUT2D eigenvalue weighted by Gasteiger charge is 2.16. The van der Waals surface area contributed by atoms with Crippen LogP contribution in [0.15, 0.2) is 48.5 Å². The molecule has 0 amide bonds. The molecule has 0 aliphatic carbocycles. The summed E-state index contributed by atoms with van der Waals surface area (Å²) in [5.74, 6) is -0.952. The molecule has 0 bridgehead atoms. The molecule has 4 nitrogen and oxygen atoms in total. The van der Waals surface area contributed by atoms with E-state index < -0.39 is 11.6 Å². The molecule has 2 rings (SSSR count). The van der Waals surface area contributed by atoms with Gasteiger partial charge in [-0.15, -0.1) is 0 Å². The van der Waals surface area contributed by atoms with Gasteiger partial charge in [0.2, 0.25) is 11.6 Å². The zero-order chi connectivity index (χ0) is 13.8. The maximum Gasteiger partial charge on any atom is 0.228 e. The van der Waals surface area contributed by atoms with Crippen LogP contribution in [0.3, 0.4) is 0 Å². The van der Waals surface area contributed by atoms with E-state index in [2.05, 4.69) is 0 Å². The lowest BCUT2D eigenvalue weighted by Crippen LogP contribution is -2.16. The van der Waals surface area contributed by atoms with Crippen LogP contribution in [-0.4, -0.2) is 11.6 Å². The minimum atomic E-state index is -0.503. The summed E-state index contributed by atoms with van der Waals surface area (Å²) in [5.41, 5.74) is 13.4. The van der Waals surface area contributed by atoms with Crippen molar-refractivity contribution in [1.82, 2.24) is 0 Å². The second kappa shape index (κ2) is 5.35.